The largest absolute Gasteiger partial charge is 0.481 e. The summed E-state index contributed by atoms with van der Waals surface area (Å²) in [6.07, 6.45) is 1.36. The first-order valence-electron chi connectivity index (χ1n) is 6.60. The van der Waals surface area contributed by atoms with E-state index in [0.717, 1.165) is 17.3 Å². The summed E-state index contributed by atoms with van der Waals surface area (Å²) in [6, 6.07) is 7.38. The smallest absolute Gasteiger partial charge is 0.313 e. The van der Waals surface area contributed by atoms with Crippen LogP contribution in [0.15, 0.2) is 35.7 Å². The second kappa shape index (κ2) is 6.43. The van der Waals surface area contributed by atoms with Crippen molar-refractivity contribution in [3.63, 3.8) is 0 Å². The third kappa shape index (κ3) is 3.38. The summed E-state index contributed by atoms with van der Waals surface area (Å²) in [5, 5.41) is 10.1. The number of benzene rings is 1. The molecule has 0 saturated heterocycles. The maximum absolute atomic E-state index is 10.8. The van der Waals surface area contributed by atoms with Gasteiger partial charge in [0.1, 0.15) is 6.33 Å². The van der Waals surface area contributed by atoms with Crippen molar-refractivity contribution >= 4 is 46.3 Å². The van der Waals surface area contributed by atoms with Crippen LogP contribution in [0.25, 0.3) is 11.2 Å². The average molecular weight is 350 g/mol. The molecular formula is C14H12ClN5O2S. The zero-order valence-electron chi connectivity index (χ0n) is 11.8. The highest BCUT2D eigenvalue weighted by molar-refractivity contribution is 7.99. The van der Waals surface area contributed by atoms with Crippen LogP contribution in [0.1, 0.15) is 5.56 Å². The highest BCUT2D eigenvalue weighted by Gasteiger charge is 2.16. The molecule has 0 aliphatic rings. The van der Waals surface area contributed by atoms with E-state index in [1.807, 2.05) is 16.7 Å². The fraction of sp³-hybridized carbons (Fsp3) is 0.143. The third-order valence-electron chi connectivity index (χ3n) is 3.10. The van der Waals surface area contributed by atoms with Gasteiger partial charge >= 0.3 is 5.97 Å². The summed E-state index contributed by atoms with van der Waals surface area (Å²) in [5.41, 5.74) is 7.86. The number of halogens is 1. The number of hydrogen-bond acceptors (Lipinski definition) is 6. The van der Waals surface area contributed by atoms with Crippen molar-refractivity contribution in [2.75, 3.05) is 11.5 Å². The van der Waals surface area contributed by atoms with Gasteiger partial charge in [-0.05, 0) is 17.7 Å². The lowest BCUT2D eigenvalue weighted by atomic mass is 10.2. The van der Waals surface area contributed by atoms with E-state index in [1.54, 1.807) is 12.1 Å². The molecule has 2 aromatic heterocycles. The van der Waals surface area contributed by atoms with Crippen molar-refractivity contribution in [3.05, 3.63) is 41.2 Å². The van der Waals surface area contributed by atoms with Crippen LogP contribution in [0.3, 0.4) is 0 Å². The van der Waals surface area contributed by atoms with Crippen molar-refractivity contribution in [1.82, 2.24) is 19.5 Å². The number of nitrogen functional groups attached to an aromatic ring is 1. The first kappa shape index (κ1) is 15.6. The van der Waals surface area contributed by atoms with E-state index in [-0.39, 0.29) is 11.6 Å². The Morgan fingerprint density at radius 2 is 2.04 bits per heavy atom. The first-order valence-corrected chi connectivity index (χ1v) is 7.96. The van der Waals surface area contributed by atoms with Crippen molar-refractivity contribution in [2.45, 2.75) is 11.7 Å². The molecule has 0 bridgehead atoms. The monoisotopic (exact) mass is 349 g/mol. The molecule has 0 spiro atoms. The van der Waals surface area contributed by atoms with Crippen LogP contribution in [0.2, 0.25) is 5.02 Å². The van der Waals surface area contributed by atoms with Gasteiger partial charge in [0.15, 0.2) is 22.1 Å². The van der Waals surface area contributed by atoms with Gasteiger partial charge in [-0.2, -0.15) is 0 Å². The Labute approximate surface area is 140 Å². The second-order valence-electron chi connectivity index (χ2n) is 4.72. The van der Waals surface area contributed by atoms with Crippen LogP contribution in [-0.2, 0) is 11.3 Å². The number of rotatable bonds is 5. The number of thioether (sulfide) groups is 1. The molecule has 0 radical (unpaired) electrons. The molecule has 0 saturated carbocycles. The van der Waals surface area contributed by atoms with E-state index >= 15 is 0 Å². The maximum Gasteiger partial charge on any atom is 0.313 e. The van der Waals surface area contributed by atoms with Crippen LogP contribution in [-0.4, -0.2) is 36.3 Å². The predicted octanol–water partition coefficient (Wildman–Crippen LogP) is 2.29. The Kier molecular flexibility index (Phi) is 4.35. The SMILES string of the molecule is Nc1ncnc2c1nc(SCC(=O)O)n2Cc1ccc(Cl)cc1. The van der Waals surface area contributed by atoms with Gasteiger partial charge in [-0.15, -0.1) is 0 Å². The lowest BCUT2D eigenvalue weighted by molar-refractivity contribution is -0.133. The van der Waals surface area contributed by atoms with Crippen LogP contribution in [0, 0.1) is 0 Å². The number of carbonyl (C=O) groups is 1. The molecule has 1 aromatic carbocycles. The Bertz CT molecular complexity index is 865. The number of imidazole rings is 1. The molecule has 3 N–H and O–H groups in total. The number of fused-ring (bicyclic) bond motifs is 1. The summed E-state index contributed by atoms with van der Waals surface area (Å²) < 4.78 is 1.82. The number of hydrogen-bond donors (Lipinski definition) is 2. The van der Waals surface area contributed by atoms with Crippen LogP contribution < -0.4 is 5.73 Å². The minimum absolute atomic E-state index is 0.0999. The lowest BCUT2D eigenvalue weighted by Crippen LogP contribution is -2.05. The number of carboxylic acid groups (broad SMARTS) is 1. The van der Waals surface area contributed by atoms with Gasteiger partial charge < -0.3 is 10.8 Å². The van der Waals surface area contributed by atoms with E-state index in [2.05, 4.69) is 15.0 Å². The number of aliphatic carboxylic acids is 1. The standard InChI is InChI=1S/C14H12ClN5O2S/c15-9-3-1-8(2-4-9)5-20-13-11(12(16)17-7-18-13)19-14(20)23-6-10(21)22/h1-4,7H,5-6H2,(H,21,22)(H2,16,17,18). The molecule has 23 heavy (non-hydrogen) atoms. The Morgan fingerprint density at radius 1 is 1.30 bits per heavy atom. The number of carboxylic acids is 1. The van der Waals surface area contributed by atoms with E-state index in [0.29, 0.717) is 27.9 Å². The molecule has 0 aliphatic heterocycles. The first-order chi connectivity index (χ1) is 11.0. The number of nitrogens with zero attached hydrogens (tertiary/aromatic N) is 4. The fourth-order valence-electron chi connectivity index (χ4n) is 2.09. The Morgan fingerprint density at radius 3 is 2.74 bits per heavy atom. The van der Waals surface area contributed by atoms with Crippen molar-refractivity contribution in [1.29, 1.82) is 0 Å². The van der Waals surface area contributed by atoms with Gasteiger partial charge in [0.25, 0.3) is 0 Å². The molecule has 0 unspecified atom stereocenters. The van der Waals surface area contributed by atoms with Crippen LogP contribution in [0.5, 0.6) is 0 Å². The van der Waals surface area contributed by atoms with Crippen molar-refractivity contribution < 1.29 is 9.90 Å². The topological polar surface area (TPSA) is 107 Å². The Hall–Kier alpha value is -2.32. The highest BCUT2D eigenvalue weighted by Crippen LogP contribution is 2.26. The summed E-state index contributed by atoms with van der Waals surface area (Å²) in [7, 11) is 0. The van der Waals surface area contributed by atoms with Gasteiger partial charge in [0.2, 0.25) is 0 Å². The summed E-state index contributed by atoms with van der Waals surface area (Å²) in [4.78, 5) is 23.4. The minimum Gasteiger partial charge on any atom is -0.481 e. The van der Waals surface area contributed by atoms with E-state index in [9.17, 15) is 4.79 Å². The molecular weight excluding hydrogens is 338 g/mol. The van der Waals surface area contributed by atoms with Crippen molar-refractivity contribution in [3.8, 4) is 0 Å². The van der Waals surface area contributed by atoms with Gasteiger partial charge in [0, 0.05) is 5.02 Å². The van der Waals surface area contributed by atoms with Crippen LogP contribution >= 0.6 is 23.4 Å². The summed E-state index contributed by atoms with van der Waals surface area (Å²) >= 11 is 7.01. The molecule has 0 atom stereocenters. The van der Waals surface area contributed by atoms with Crippen molar-refractivity contribution in [2.24, 2.45) is 0 Å². The second-order valence-corrected chi connectivity index (χ2v) is 6.10. The Balaban J connectivity index is 2.04. The van der Waals surface area contributed by atoms with Gasteiger partial charge in [0.05, 0.1) is 12.3 Å². The molecule has 118 valence electrons. The summed E-state index contributed by atoms with van der Waals surface area (Å²) in [5.74, 6) is -0.752. The highest BCUT2D eigenvalue weighted by atomic mass is 35.5. The molecule has 0 fully saturated rings. The molecule has 2 heterocycles. The lowest BCUT2D eigenvalue weighted by Gasteiger charge is -2.08. The van der Waals surface area contributed by atoms with E-state index in [4.69, 9.17) is 22.4 Å². The number of nitrogens with two attached hydrogens (primary N) is 1. The van der Waals surface area contributed by atoms with Crippen LogP contribution in [0.4, 0.5) is 5.82 Å². The zero-order valence-corrected chi connectivity index (χ0v) is 13.4. The van der Waals surface area contributed by atoms with Gasteiger partial charge in [-0.3, -0.25) is 9.36 Å². The third-order valence-corrected chi connectivity index (χ3v) is 4.32. The average Bonchev–Trinajstić information content (AvgIpc) is 2.87. The normalized spacial score (nSPS) is 11.0. The molecule has 0 aliphatic carbocycles. The summed E-state index contributed by atoms with van der Waals surface area (Å²) in [6.45, 7) is 0.478. The van der Waals surface area contributed by atoms with E-state index < -0.39 is 5.97 Å². The predicted molar refractivity (Wildman–Crippen MR) is 88.6 cm³/mol. The maximum atomic E-state index is 10.8. The molecule has 3 aromatic rings. The quantitative estimate of drug-likeness (QED) is 0.680. The number of anilines is 1. The zero-order chi connectivity index (χ0) is 16.4. The minimum atomic E-state index is -0.917. The fourth-order valence-corrected chi connectivity index (χ4v) is 2.93. The molecule has 0 amide bonds. The molecule has 7 nitrogen and oxygen atoms in total. The number of aromatic nitrogens is 4. The van der Waals surface area contributed by atoms with E-state index in [1.165, 1.54) is 6.33 Å². The van der Waals surface area contributed by atoms with Gasteiger partial charge in [-0.25, -0.2) is 15.0 Å². The molecule has 9 heteroatoms. The van der Waals surface area contributed by atoms with Gasteiger partial charge in [-0.1, -0.05) is 35.5 Å². The molecule has 3 rings (SSSR count).